The minimum atomic E-state index is 0.154. The van der Waals surface area contributed by atoms with Gasteiger partial charge in [-0.25, -0.2) is 9.98 Å². The Bertz CT molecular complexity index is 662. The van der Waals surface area contributed by atoms with Gasteiger partial charge in [-0.15, -0.1) is 0 Å². The van der Waals surface area contributed by atoms with Gasteiger partial charge in [0.15, 0.2) is 5.82 Å². The lowest BCUT2D eigenvalue weighted by atomic mass is 9.96. The highest BCUT2D eigenvalue weighted by Crippen LogP contribution is 2.37. The van der Waals surface area contributed by atoms with Gasteiger partial charge >= 0.3 is 0 Å². The van der Waals surface area contributed by atoms with Crippen LogP contribution >= 0.6 is 0 Å². The minimum absolute atomic E-state index is 0.154. The maximum absolute atomic E-state index is 12.0. The molecule has 7 heteroatoms. The zero-order chi connectivity index (χ0) is 18.4. The predicted molar refractivity (Wildman–Crippen MR) is 106 cm³/mol. The molecule has 0 atom stereocenters. The Kier molecular flexibility index (Phi) is 6.33. The normalized spacial score (nSPS) is 18.7. The number of amides is 1. The largest absolute Gasteiger partial charge is 0.370 e. The first kappa shape index (κ1) is 18.5. The summed E-state index contributed by atoms with van der Waals surface area (Å²) in [4.78, 5) is 29.2. The molecule has 0 spiro atoms. The van der Waals surface area contributed by atoms with Crippen LogP contribution in [0.2, 0.25) is 0 Å². The number of carbonyl (C=O) groups excluding carboxylic acids is 1. The molecule has 1 aromatic heterocycles. The fourth-order valence-corrected chi connectivity index (χ4v) is 3.49. The van der Waals surface area contributed by atoms with Crippen LogP contribution in [0.3, 0.4) is 0 Å². The molecule has 26 heavy (non-hydrogen) atoms. The quantitative estimate of drug-likeness (QED) is 0.760. The van der Waals surface area contributed by atoms with Gasteiger partial charge in [-0.1, -0.05) is 0 Å². The molecule has 3 heterocycles. The van der Waals surface area contributed by atoms with Crippen molar-refractivity contribution >= 4 is 36.0 Å². The second-order valence-electron chi connectivity index (χ2n) is 6.91. The Morgan fingerprint density at radius 3 is 2.77 bits per heavy atom. The number of aliphatic imine (C=N–C) groups is 2. The number of nitrogens with zero attached hydrogens (tertiary/aromatic N) is 5. The average Bonchev–Trinajstić information content (AvgIpc) is 2.63. The molecular weight excluding hydrogens is 328 g/mol. The van der Waals surface area contributed by atoms with Crippen LogP contribution in [0.25, 0.3) is 0 Å². The minimum Gasteiger partial charge on any atom is -0.370 e. The van der Waals surface area contributed by atoms with Crippen LogP contribution in [0.15, 0.2) is 22.2 Å². The van der Waals surface area contributed by atoms with Crippen molar-refractivity contribution in [1.82, 2.24) is 15.2 Å². The van der Waals surface area contributed by atoms with Crippen LogP contribution in [0.5, 0.6) is 0 Å². The second kappa shape index (κ2) is 8.89. The van der Waals surface area contributed by atoms with Crippen molar-refractivity contribution in [2.45, 2.75) is 26.2 Å². The van der Waals surface area contributed by atoms with Gasteiger partial charge in [0.25, 0.3) is 0 Å². The first-order valence-electron chi connectivity index (χ1n) is 9.39. The zero-order valence-corrected chi connectivity index (χ0v) is 15.5. The number of nitrogens with one attached hydrogen (secondary N) is 1. The number of rotatable bonds is 7. The Hall–Kier alpha value is -2.28. The van der Waals surface area contributed by atoms with E-state index < -0.39 is 0 Å². The molecule has 0 aromatic carbocycles. The summed E-state index contributed by atoms with van der Waals surface area (Å²) in [5, 5.41) is 3.10. The summed E-state index contributed by atoms with van der Waals surface area (Å²) in [6.07, 6.45) is 6.81. The smallest absolute Gasteiger partial charge is 0.234 e. The molecule has 1 amide bonds. The van der Waals surface area contributed by atoms with E-state index >= 15 is 0 Å². The van der Waals surface area contributed by atoms with Crippen molar-refractivity contribution < 1.29 is 4.79 Å². The number of carbonyl (C=O) groups is 1. The summed E-state index contributed by atoms with van der Waals surface area (Å²) >= 11 is 0. The number of hydrogen-bond donors (Lipinski definition) is 1. The molecule has 0 saturated carbocycles. The summed E-state index contributed by atoms with van der Waals surface area (Å²) in [5.74, 6) is 1.29. The summed E-state index contributed by atoms with van der Waals surface area (Å²) < 4.78 is 0. The Balaban J connectivity index is 1.51. The molecule has 2 aliphatic heterocycles. The molecule has 1 N–H and O–H groups in total. The number of anilines is 1. The second-order valence-corrected chi connectivity index (χ2v) is 6.91. The standard InChI is InChI=1S/C19H28N6O/c1-3-21-19-18(20-2)16(5-8-22-19)25-11-6-15(7-12-25)13-23-17(26)14-24-9-4-10-24/h3,5,8,15H,2,4,6-7,9-14H2,1H3,(H,23,26)/b21-3-. The van der Waals surface area contributed by atoms with E-state index in [-0.39, 0.29) is 5.91 Å². The van der Waals surface area contributed by atoms with Crippen LogP contribution in [0, 0.1) is 5.92 Å². The molecule has 0 unspecified atom stereocenters. The number of pyridine rings is 1. The van der Waals surface area contributed by atoms with Gasteiger partial charge in [0.1, 0.15) is 5.69 Å². The van der Waals surface area contributed by atoms with Crippen molar-refractivity contribution in [1.29, 1.82) is 0 Å². The first-order valence-corrected chi connectivity index (χ1v) is 9.39. The SMILES string of the molecule is C=Nc1c(N2CCC(CNC(=O)CN3CCC3)CC2)ccnc1/N=C\C. The lowest BCUT2D eigenvalue weighted by Crippen LogP contribution is -2.46. The lowest BCUT2D eigenvalue weighted by molar-refractivity contribution is -0.123. The molecule has 140 valence electrons. The Labute approximate surface area is 155 Å². The van der Waals surface area contributed by atoms with Crippen molar-refractivity contribution in [3.63, 3.8) is 0 Å². The van der Waals surface area contributed by atoms with E-state index in [1.807, 2.05) is 13.0 Å². The molecule has 2 aliphatic rings. The van der Waals surface area contributed by atoms with Crippen molar-refractivity contribution in [2.75, 3.05) is 44.2 Å². The highest BCUT2D eigenvalue weighted by Gasteiger charge is 2.23. The maximum Gasteiger partial charge on any atom is 0.234 e. The summed E-state index contributed by atoms with van der Waals surface area (Å²) in [6, 6.07) is 1.98. The highest BCUT2D eigenvalue weighted by molar-refractivity contribution is 5.80. The number of likely N-dealkylation sites (tertiary alicyclic amines) is 1. The third kappa shape index (κ3) is 4.46. The van der Waals surface area contributed by atoms with Crippen LogP contribution in [0.4, 0.5) is 17.2 Å². The average molecular weight is 356 g/mol. The molecule has 2 saturated heterocycles. The molecular formula is C19H28N6O. The van der Waals surface area contributed by atoms with Gasteiger partial charge in [-0.05, 0) is 58.0 Å². The molecule has 0 radical (unpaired) electrons. The van der Waals surface area contributed by atoms with Crippen molar-refractivity contribution in [2.24, 2.45) is 15.9 Å². The lowest BCUT2D eigenvalue weighted by Gasteiger charge is -2.34. The van der Waals surface area contributed by atoms with E-state index in [4.69, 9.17) is 0 Å². The molecule has 2 fully saturated rings. The van der Waals surface area contributed by atoms with Gasteiger partial charge < -0.3 is 10.2 Å². The number of hydrogen-bond acceptors (Lipinski definition) is 6. The fourth-order valence-electron chi connectivity index (χ4n) is 3.49. The maximum atomic E-state index is 12.0. The molecule has 3 rings (SSSR count). The van der Waals surface area contributed by atoms with Gasteiger partial charge in [0, 0.05) is 32.0 Å². The Morgan fingerprint density at radius 2 is 2.15 bits per heavy atom. The van der Waals surface area contributed by atoms with Gasteiger partial charge in [0.05, 0.1) is 12.2 Å². The van der Waals surface area contributed by atoms with Crippen molar-refractivity contribution in [3.05, 3.63) is 12.3 Å². The molecule has 0 bridgehead atoms. The van der Waals surface area contributed by atoms with E-state index in [0.717, 1.165) is 56.9 Å². The third-order valence-electron chi connectivity index (χ3n) is 5.15. The van der Waals surface area contributed by atoms with E-state index in [0.29, 0.717) is 18.3 Å². The van der Waals surface area contributed by atoms with E-state index in [1.165, 1.54) is 6.42 Å². The molecule has 0 aliphatic carbocycles. The van der Waals surface area contributed by atoms with E-state index in [9.17, 15) is 4.79 Å². The van der Waals surface area contributed by atoms with Crippen molar-refractivity contribution in [3.8, 4) is 0 Å². The highest BCUT2D eigenvalue weighted by atomic mass is 16.2. The summed E-state index contributed by atoms with van der Waals surface area (Å²) in [7, 11) is 0. The fraction of sp³-hybridized carbons (Fsp3) is 0.579. The molecule has 1 aromatic rings. The third-order valence-corrected chi connectivity index (χ3v) is 5.15. The topological polar surface area (TPSA) is 73.2 Å². The zero-order valence-electron chi connectivity index (χ0n) is 15.5. The Morgan fingerprint density at radius 1 is 1.38 bits per heavy atom. The van der Waals surface area contributed by atoms with Gasteiger partial charge in [-0.2, -0.15) is 0 Å². The van der Waals surface area contributed by atoms with Gasteiger partial charge in [0.2, 0.25) is 5.91 Å². The van der Waals surface area contributed by atoms with E-state index in [2.05, 4.69) is 36.8 Å². The van der Waals surface area contributed by atoms with Crippen LogP contribution < -0.4 is 10.2 Å². The monoisotopic (exact) mass is 356 g/mol. The number of piperidine rings is 1. The van der Waals surface area contributed by atoms with Crippen LogP contribution in [-0.4, -0.2) is 68.0 Å². The molecule has 7 nitrogen and oxygen atoms in total. The van der Waals surface area contributed by atoms with Crippen LogP contribution in [0.1, 0.15) is 26.2 Å². The predicted octanol–water partition coefficient (Wildman–Crippen LogP) is 2.17. The van der Waals surface area contributed by atoms with Crippen LogP contribution in [-0.2, 0) is 4.79 Å². The summed E-state index contributed by atoms with van der Waals surface area (Å²) in [5.41, 5.74) is 1.78. The summed E-state index contributed by atoms with van der Waals surface area (Å²) in [6.45, 7) is 10.9. The van der Waals surface area contributed by atoms with E-state index in [1.54, 1.807) is 12.4 Å². The van der Waals surface area contributed by atoms with Gasteiger partial charge in [-0.3, -0.25) is 14.7 Å². The number of aromatic nitrogens is 1. The first-order chi connectivity index (χ1) is 12.7.